The van der Waals surface area contributed by atoms with Gasteiger partial charge in [-0.2, -0.15) is 5.10 Å². The zero-order valence-electron chi connectivity index (χ0n) is 15.9. The van der Waals surface area contributed by atoms with Gasteiger partial charge in [-0.25, -0.2) is 8.42 Å². The van der Waals surface area contributed by atoms with Crippen molar-refractivity contribution in [2.45, 2.75) is 13.3 Å². The first-order chi connectivity index (χ1) is 13.4. The van der Waals surface area contributed by atoms with Crippen LogP contribution in [-0.2, 0) is 21.1 Å². The van der Waals surface area contributed by atoms with Crippen molar-refractivity contribution in [3.63, 3.8) is 0 Å². The van der Waals surface area contributed by atoms with Gasteiger partial charge in [0.2, 0.25) is 5.91 Å². The number of nitrogens with zero attached hydrogens (tertiary/aromatic N) is 4. The van der Waals surface area contributed by atoms with Gasteiger partial charge in [-0.05, 0) is 31.0 Å². The number of anilines is 1. The van der Waals surface area contributed by atoms with Gasteiger partial charge < -0.3 is 9.80 Å². The summed E-state index contributed by atoms with van der Waals surface area (Å²) >= 11 is 0. The van der Waals surface area contributed by atoms with Crippen LogP contribution in [0.4, 0.5) is 5.82 Å². The largest absolute Gasteiger partial charge is 0.353 e. The lowest BCUT2D eigenvalue weighted by atomic mass is 9.73. The maximum Gasteiger partial charge on any atom is 0.232 e. The molecule has 2 fully saturated rings. The molecule has 1 amide bonds. The lowest BCUT2D eigenvalue weighted by Crippen LogP contribution is -2.66. The second-order valence-electron chi connectivity index (χ2n) is 7.78. The van der Waals surface area contributed by atoms with Gasteiger partial charge in [0, 0.05) is 26.2 Å². The molecule has 0 atom stereocenters. The summed E-state index contributed by atoms with van der Waals surface area (Å²) in [6.45, 7) is 3.56. The highest BCUT2D eigenvalue weighted by molar-refractivity contribution is 7.91. The van der Waals surface area contributed by atoms with E-state index in [1.54, 1.807) is 4.90 Å². The van der Waals surface area contributed by atoms with Gasteiger partial charge >= 0.3 is 0 Å². The number of aromatic nitrogens is 2. The first-order valence-corrected chi connectivity index (χ1v) is 11.3. The van der Waals surface area contributed by atoms with Gasteiger partial charge in [0.25, 0.3) is 0 Å². The average molecular weight is 401 g/mol. The Morgan fingerprint density at radius 2 is 1.71 bits per heavy atom. The number of rotatable bonds is 4. The van der Waals surface area contributed by atoms with Crippen LogP contribution < -0.4 is 4.90 Å². The summed E-state index contributed by atoms with van der Waals surface area (Å²) in [5.74, 6) is 0.909. The van der Waals surface area contributed by atoms with E-state index >= 15 is 0 Å². The van der Waals surface area contributed by atoms with Crippen LogP contribution >= 0.6 is 0 Å². The molecule has 0 spiro atoms. The van der Waals surface area contributed by atoms with Gasteiger partial charge in [-0.3, -0.25) is 4.79 Å². The van der Waals surface area contributed by atoms with Crippen molar-refractivity contribution in [1.82, 2.24) is 15.1 Å². The molecule has 2 aliphatic heterocycles. The number of aryl methyl sites for hydroxylation is 1. The van der Waals surface area contributed by atoms with Crippen LogP contribution in [0.1, 0.15) is 11.3 Å². The Labute approximate surface area is 165 Å². The molecule has 0 radical (unpaired) electrons. The number of sulfone groups is 1. The molecule has 0 saturated carbocycles. The van der Waals surface area contributed by atoms with Crippen molar-refractivity contribution in [1.29, 1.82) is 0 Å². The summed E-state index contributed by atoms with van der Waals surface area (Å²) in [5, 5.41) is 8.35. The SMILES string of the molecule is Cc1ccc(N2CC(Cc3ccccc3)(C(=O)N3CCS(=O)(=O)CC3)C2)nn1. The van der Waals surface area contributed by atoms with E-state index in [-0.39, 0.29) is 30.5 Å². The molecule has 2 aromatic rings. The Bertz CT molecular complexity index is 941. The molecule has 4 rings (SSSR count). The van der Waals surface area contributed by atoms with E-state index in [2.05, 4.69) is 15.1 Å². The lowest BCUT2D eigenvalue weighted by molar-refractivity contribution is -0.143. The molecule has 28 heavy (non-hydrogen) atoms. The normalized spacial score (nSPS) is 20.5. The fourth-order valence-corrected chi connectivity index (χ4v) is 5.17. The van der Waals surface area contributed by atoms with Crippen molar-refractivity contribution < 1.29 is 13.2 Å². The highest BCUT2D eigenvalue weighted by Gasteiger charge is 2.51. The summed E-state index contributed by atoms with van der Waals surface area (Å²) < 4.78 is 23.5. The van der Waals surface area contributed by atoms with Crippen molar-refractivity contribution in [3.05, 3.63) is 53.7 Å². The third-order valence-electron chi connectivity index (χ3n) is 5.57. The van der Waals surface area contributed by atoms with Crippen molar-refractivity contribution in [2.24, 2.45) is 5.41 Å². The van der Waals surface area contributed by atoms with E-state index in [0.717, 1.165) is 17.1 Å². The fourth-order valence-electron chi connectivity index (χ4n) is 3.97. The fraction of sp³-hybridized carbons (Fsp3) is 0.450. The molecule has 1 aromatic heterocycles. The Morgan fingerprint density at radius 1 is 1.04 bits per heavy atom. The van der Waals surface area contributed by atoms with Gasteiger partial charge in [0.1, 0.15) is 0 Å². The molecule has 0 aliphatic carbocycles. The zero-order chi connectivity index (χ0) is 19.8. The average Bonchev–Trinajstić information content (AvgIpc) is 2.65. The lowest BCUT2D eigenvalue weighted by Gasteiger charge is -2.51. The molecule has 2 aliphatic rings. The number of benzene rings is 1. The van der Waals surface area contributed by atoms with Crippen molar-refractivity contribution in [2.75, 3.05) is 42.6 Å². The third kappa shape index (κ3) is 3.73. The molecule has 7 nitrogen and oxygen atoms in total. The monoisotopic (exact) mass is 400 g/mol. The molecule has 1 aromatic carbocycles. The second kappa shape index (κ2) is 7.16. The van der Waals surface area contributed by atoms with Crippen LogP contribution in [0.15, 0.2) is 42.5 Å². The van der Waals surface area contributed by atoms with Crippen molar-refractivity contribution in [3.8, 4) is 0 Å². The van der Waals surface area contributed by atoms with Gasteiger partial charge in [0.05, 0.1) is 22.6 Å². The van der Waals surface area contributed by atoms with Crippen molar-refractivity contribution >= 4 is 21.6 Å². The van der Waals surface area contributed by atoms with E-state index in [9.17, 15) is 13.2 Å². The summed E-state index contributed by atoms with van der Waals surface area (Å²) in [6.07, 6.45) is 0.631. The van der Waals surface area contributed by atoms with E-state index < -0.39 is 15.3 Å². The van der Waals surface area contributed by atoms with E-state index in [0.29, 0.717) is 19.5 Å². The minimum atomic E-state index is -3.02. The highest BCUT2D eigenvalue weighted by Crippen LogP contribution is 2.38. The van der Waals surface area contributed by atoms with E-state index in [1.165, 1.54) is 0 Å². The molecule has 0 N–H and O–H groups in total. The Hall–Kier alpha value is -2.48. The molecule has 2 saturated heterocycles. The number of carbonyl (C=O) groups excluding carboxylic acids is 1. The van der Waals surface area contributed by atoms with Crippen LogP contribution in [-0.4, -0.2) is 67.1 Å². The summed E-state index contributed by atoms with van der Waals surface area (Å²) in [4.78, 5) is 17.2. The number of amides is 1. The minimum absolute atomic E-state index is 0.0440. The van der Waals surface area contributed by atoms with Crippen LogP contribution in [0.5, 0.6) is 0 Å². The predicted molar refractivity (Wildman–Crippen MR) is 107 cm³/mol. The van der Waals surface area contributed by atoms with Crippen LogP contribution in [0.2, 0.25) is 0 Å². The number of hydrogen-bond acceptors (Lipinski definition) is 6. The maximum atomic E-state index is 13.4. The van der Waals surface area contributed by atoms with Gasteiger partial charge in [0.15, 0.2) is 15.7 Å². The molecule has 8 heteroatoms. The highest BCUT2D eigenvalue weighted by atomic mass is 32.2. The van der Waals surface area contributed by atoms with Gasteiger partial charge in [-0.1, -0.05) is 30.3 Å². The predicted octanol–water partition coefficient (Wildman–Crippen LogP) is 1.09. The van der Waals surface area contributed by atoms with E-state index in [1.807, 2.05) is 49.4 Å². The minimum Gasteiger partial charge on any atom is -0.353 e. The molecule has 3 heterocycles. The number of hydrogen-bond donors (Lipinski definition) is 0. The molecule has 0 unspecified atom stereocenters. The first-order valence-electron chi connectivity index (χ1n) is 9.46. The molecular weight excluding hydrogens is 376 g/mol. The summed E-state index contributed by atoms with van der Waals surface area (Å²) in [7, 11) is -3.02. The van der Waals surface area contributed by atoms with Crippen LogP contribution in [0.3, 0.4) is 0 Å². The smallest absolute Gasteiger partial charge is 0.232 e. The topological polar surface area (TPSA) is 83.5 Å². The quantitative estimate of drug-likeness (QED) is 0.764. The third-order valence-corrected chi connectivity index (χ3v) is 7.17. The van der Waals surface area contributed by atoms with Crippen LogP contribution in [0.25, 0.3) is 0 Å². The first kappa shape index (κ1) is 18.9. The second-order valence-corrected chi connectivity index (χ2v) is 10.1. The molecule has 0 bridgehead atoms. The Morgan fingerprint density at radius 3 is 2.32 bits per heavy atom. The van der Waals surface area contributed by atoms with E-state index in [4.69, 9.17) is 0 Å². The maximum absolute atomic E-state index is 13.4. The van der Waals surface area contributed by atoms with Crippen LogP contribution in [0, 0.1) is 12.3 Å². The number of carbonyl (C=O) groups is 1. The Balaban J connectivity index is 1.55. The summed E-state index contributed by atoms with van der Waals surface area (Å²) in [5.41, 5.74) is 1.40. The molecular formula is C20H24N4O3S. The standard InChI is InChI=1S/C20H24N4O3S/c1-16-7-8-18(22-21-16)24-14-20(15-24,13-17-5-3-2-4-6-17)19(25)23-9-11-28(26,27)12-10-23/h2-8H,9-15H2,1H3. The zero-order valence-corrected chi connectivity index (χ0v) is 16.7. The Kier molecular flexibility index (Phi) is 4.82. The molecule has 148 valence electrons. The van der Waals surface area contributed by atoms with Gasteiger partial charge in [-0.15, -0.1) is 5.10 Å². The summed E-state index contributed by atoms with van der Waals surface area (Å²) in [6, 6.07) is 13.8.